The van der Waals surface area contributed by atoms with Gasteiger partial charge in [-0.1, -0.05) is 19.0 Å². The van der Waals surface area contributed by atoms with Gasteiger partial charge in [-0.3, -0.25) is 0 Å². The molecule has 0 N–H and O–H groups in total. The molecule has 0 aliphatic heterocycles. The molecule has 20 heavy (non-hydrogen) atoms. The van der Waals surface area contributed by atoms with Crippen molar-refractivity contribution < 1.29 is 8.94 Å². The van der Waals surface area contributed by atoms with Gasteiger partial charge in [-0.2, -0.15) is 0 Å². The van der Waals surface area contributed by atoms with E-state index in [4.69, 9.17) is 8.94 Å². The smallest absolute Gasteiger partial charge is 0.257 e. The van der Waals surface area contributed by atoms with Crippen molar-refractivity contribution in [3.8, 4) is 11.5 Å². The quantitative estimate of drug-likeness (QED) is 0.726. The first-order chi connectivity index (χ1) is 9.72. The first-order valence-corrected chi connectivity index (χ1v) is 6.81. The molecule has 0 bridgehead atoms. The molecule has 0 atom stereocenters. The fourth-order valence-corrected chi connectivity index (χ4v) is 2.20. The van der Waals surface area contributed by atoms with Gasteiger partial charge in [0.25, 0.3) is 5.71 Å². The molecule has 1 aliphatic carbocycles. The minimum Gasteiger partial charge on any atom is -0.420 e. The molecule has 6 nitrogen and oxygen atoms in total. The maximum atomic E-state index is 5.66. The minimum absolute atomic E-state index is 0.213. The largest absolute Gasteiger partial charge is 0.420 e. The van der Waals surface area contributed by atoms with E-state index in [-0.39, 0.29) is 5.92 Å². The average molecular weight is 270 g/mol. The predicted octanol–water partition coefficient (Wildman–Crippen LogP) is 3.27. The summed E-state index contributed by atoms with van der Waals surface area (Å²) in [5.41, 5.74) is 2.37. The Labute approximate surface area is 115 Å². The van der Waals surface area contributed by atoms with E-state index in [0.717, 1.165) is 16.6 Å². The van der Waals surface area contributed by atoms with Crippen molar-refractivity contribution in [1.29, 1.82) is 0 Å². The molecule has 0 saturated heterocycles. The van der Waals surface area contributed by atoms with Crippen LogP contribution in [-0.4, -0.2) is 20.3 Å². The lowest BCUT2D eigenvalue weighted by atomic mass is 10.1. The van der Waals surface area contributed by atoms with Crippen molar-refractivity contribution in [3.63, 3.8) is 0 Å². The third kappa shape index (κ3) is 1.79. The molecule has 0 radical (unpaired) electrons. The number of hydrogen-bond acceptors (Lipinski definition) is 6. The highest BCUT2D eigenvalue weighted by molar-refractivity contribution is 5.81. The van der Waals surface area contributed by atoms with Gasteiger partial charge in [-0.05, 0) is 18.9 Å². The molecule has 3 aromatic rings. The highest BCUT2D eigenvalue weighted by atomic mass is 16.5. The molecular weight excluding hydrogens is 256 g/mol. The summed E-state index contributed by atoms with van der Waals surface area (Å²) in [7, 11) is 0. The van der Waals surface area contributed by atoms with Crippen LogP contribution in [0.2, 0.25) is 0 Å². The van der Waals surface area contributed by atoms with Crippen molar-refractivity contribution in [2.45, 2.75) is 38.5 Å². The Bertz CT molecular complexity index is 770. The van der Waals surface area contributed by atoms with Crippen LogP contribution in [0.15, 0.2) is 21.2 Å². The maximum Gasteiger partial charge on any atom is 0.257 e. The summed E-state index contributed by atoms with van der Waals surface area (Å²) < 4.78 is 10.9. The fraction of sp³-hybridized carbons (Fsp3) is 0.429. The Morgan fingerprint density at radius 2 is 2.10 bits per heavy atom. The molecule has 6 heteroatoms. The number of hydrogen-bond donors (Lipinski definition) is 0. The van der Waals surface area contributed by atoms with Gasteiger partial charge in [0.15, 0.2) is 0 Å². The zero-order valence-electron chi connectivity index (χ0n) is 11.3. The van der Waals surface area contributed by atoms with E-state index in [0.29, 0.717) is 23.4 Å². The molecule has 0 spiro atoms. The van der Waals surface area contributed by atoms with Crippen LogP contribution in [0.4, 0.5) is 0 Å². The molecule has 1 aliphatic rings. The summed E-state index contributed by atoms with van der Waals surface area (Å²) >= 11 is 0. The zero-order chi connectivity index (χ0) is 13.7. The van der Waals surface area contributed by atoms with Gasteiger partial charge < -0.3 is 8.94 Å². The number of fused-ring (bicyclic) bond motifs is 1. The van der Waals surface area contributed by atoms with Crippen molar-refractivity contribution in [1.82, 2.24) is 20.3 Å². The third-order valence-electron chi connectivity index (χ3n) is 3.50. The van der Waals surface area contributed by atoms with Crippen LogP contribution in [0.3, 0.4) is 0 Å². The molecule has 1 fully saturated rings. The van der Waals surface area contributed by atoms with E-state index >= 15 is 0 Å². The molecule has 4 rings (SSSR count). The van der Waals surface area contributed by atoms with Crippen molar-refractivity contribution in [2.75, 3.05) is 0 Å². The van der Waals surface area contributed by atoms with E-state index in [1.54, 1.807) is 6.20 Å². The lowest BCUT2D eigenvalue weighted by Gasteiger charge is -1.96. The number of pyridine rings is 1. The van der Waals surface area contributed by atoms with Gasteiger partial charge in [0.1, 0.15) is 0 Å². The Morgan fingerprint density at radius 1 is 1.25 bits per heavy atom. The van der Waals surface area contributed by atoms with Gasteiger partial charge in [-0.15, -0.1) is 10.2 Å². The van der Waals surface area contributed by atoms with Gasteiger partial charge in [0.2, 0.25) is 11.8 Å². The molecule has 102 valence electrons. The van der Waals surface area contributed by atoms with Crippen LogP contribution in [0.1, 0.15) is 50.1 Å². The zero-order valence-corrected chi connectivity index (χ0v) is 11.3. The lowest BCUT2D eigenvalue weighted by Crippen LogP contribution is -1.85. The van der Waals surface area contributed by atoms with Gasteiger partial charge in [0.05, 0.1) is 16.6 Å². The van der Waals surface area contributed by atoms with E-state index in [9.17, 15) is 0 Å². The normalized spacial score (nSPS) is 15.3. The second kappa shape index (κ2) is 4.13. The Kier molecular flexibility index (Phi) is 2.39. The average Bonchev–Trinajstić information content (AvgIpc) is 3.03. The van der Waals surface area contributed by atoms with E-state index in [2.05, 4.69) is 20.3 Å². The molecule has 1 saturated carbocycles. The summed E-state index contributed by atoms with van der Waals surface area (Å²) in [5, 5.41) is 13.2. The van der Waals surface area contributed by atoms with Gasteiger partial charge in [0, 0.05) is 18.0 Å². The van der Waals surface area contributed by atoms with E-state index < -0.39 is 0 Å². The summed E-state index contributed by atoms with van der Waals surface area (Å²) in [5.74, 6) is 1.85. The highest BCUT2D eigenvalue weighted by Crippen LogP contribution is 2.42. The first kappa shape index (κ1) is 11.6. The van der Waals surface area contributed by atoms with Crippen molar-refractivity contribution in [3.05, 3.63) is 23.8 Å². The van der Waals surface area contributed by atoms with Crippen LogP contribution < -0.4 is 0 Å². The SMILES string of the molecule is CC(C)c1nnc(-c2cnc3onc(C4CC4)c3c2)o1. The van der Waals surface area contributed by atoms with Crippen LogP contribution >= 0.6 is 0 Å². The monoisotopic (exact) mass is 270 g/mol. The van der Waals surface area contributed by atoms with Crippen LogP contribution in [0.25, 0.3) is 22.6 Å². The maximum absolute atomic E-state index is 5.66. The number of nitrogens with zero attached hydrogens (tertiary/aromatic N) is 4. The summed E-state index contributed by atoms with van der Waals surface area (Å²) in [6.45, 7) is 4.04. The third-order valence-corrected chi connectivity index (χ3v) is 3.50. The Balaban J connectivity index is 1.80. The molecule has 0 aromatic carbocycles. The van der Waals surface area contributed by atoms with Crippen molar-refractivity contribution >= 4 is 11.1 Å². The summed E-state index contributed by atoms with van der Waals surface area (Å²) in [4.78, 5) is 4.29. The Morgan fingerprint density at radius 3 is 2.80 bits per heavy atom. The Hall–Kier alpha value is -2.24. The molecule has 3 heterocycles. The van der Waals surface area contributed by atoms with Crippen molar-refractivity contribution in [2.24, 2.45) is 0 Å². The topological polar surface area (TPSA) is 77.8 Å². The molecule has 0 unspecified atom stereocenters. The van der Waals surface area contributed by atoms with Crippen LogP contribution in [0.5, 0.6) is 0 Å². The molecule has 3 aromatic heterocycles. The second-order valence-electron chi connectivity index (χ2n) is 5.52. The molecular formula is C14H14N4O2. The van der Waals surface area contributed by atoms with Crippen LogP contribution in [-0.2, 0) is 0 Å². The first-order valence-electron chi connectivity index (χ1n) is 6.81. The summed E-state index contributed by atoms with van der Waals surface area (Å²) in [6.07, 6.45) is 4.02. The standard InChI is InChI=1S/C14H14N4O2/c1-7(2)12-16-17-13(19-12)9-5-10-11(8-3-4-8)18-20-14(10)15-6-9/h5-8H,3-4H2,1-2H3. The number of aromatic nitrogens is 4. The number of rotatable bonds is 3. The van der Waals surface area contributed by atoms with Crippen LogP contribution in [0, 0.1) is 0 Å². The van der Waals surface area contributed by atoms with Gasteiger partial charge >= 0.3 is 0 Å². The summed E-state index contributed by atoms with van der Waals surface area (Å²) in [6, 6.07) is 1.98. The predicted molar refractivity (Wildman–Crippen MR) is 71.2 cm³/mol. The lowest BCUT2D eigenvalue weighted by molar-refractivity contribution is 0.439. The fourth-order valence-electron chi connectivity index (χ4n) is 2.20. The van der Waals surface area contributed by atoms with Gasteiger partial charge in [-0.25, -0.2) is 4.98 Å². The van der Waals surface area contributed by atoms with E-state index in [1.807, 2.05) is 19.9 Å². The van der Waals surface area contributed by atoms with E-state index in [1.165, 1.54) is 12.8 Å². The highest BCUT2D eigenvalue weighted by Gasteiger charge is 2.29. The molecule has 0 amide bonds. The minimum atomic E-state index is 0.213. The second-order valence-corrected chi connectivity index (χ2v) is 5.52.